The lowest BCUT2D eigenvalue weighted by molar-refractivity contribution is -0.132. The number of carbonyl (C=O) groups excluding carboxylic acids is 5. The average Bonchev–Trinajstić information content (AvgIpc) is 3.30. The molecule has 0 rings (SSSR count). The normalized spacial score (nSPS) is 12.4. The number of nitrogens with one attached hydrogen (secondary N) is 5. The molecular formula is C56H109N5O7. The van der Waals surface area contributed by atoms with Gasteiger partial charge in [-0.2, -0.15) is 0 Å². The molecule has 0 saturated carbocycles. The lowest BCUT2D eigenvalue weighted by Crippen LogP contribution is -2.54. The van der Waals surface area contributed by atoms with Gasteiger partial charge in [0.05, 0.1) is 25.4 Å². The van der Waals surface area contributed by atoms with Crippen molar-refractivity contribution in [3.63, 3.8) is 0 Å². The molecule has 12 heteroatoms. The standard InChI is InChI=1S/C56H109N5O7/c1-7-10-13-16-19-22-25-28-31-40-51(62)57-43-36-34-38-49(54(65)59-45-46-67-47-48-68-56(4,5)6)61-55(66)50(60-53(64)42-33-30-27-24-21-18-15-12-9-3)39-35-37-44-58-52(63)41-32-29-26-23-20-17-14-11-8-2/h49-50H,7-48H2,1-6H3,(H,57,62)(H,58,63)(H,59,65)(H,60,64)(H,61,66). The number of hydrogen-bond donors (Lipinski definition) is 5. The predicted molar refractivity (Wildman–Crippen MR) is 283 cm³/mol. The summed E-state index contributed by atoms with van der Waals surface area (Å²) in [5.41, 5.74) is -0.258. The number of unbranched alkanes of at least 4 members (excludes halogenated alkanes) is 26. The third-order valence-corrected chi connectivity index (χ3v) is 12.6. The van der Waals surface area contributed by atoms with Gasteiger partial charge in [0.15, 0.2) is 0 Å². The Morgan fingerprint density at radius 3 is 1.13 bits per heavy atom. The number of ether oxygens (including phenoxy) is 2. The number of rotatable bonds is 50. The summed E-state index contributed by atoms with van der Waals surface area (Å²) in [5, 5.41) is 15.0. The highest BCUT2D eigenvalue weighted by molar-refractivity contribution is 5.92. The van der Waals surface area contributed by atoms with Gasteiger partial charge in [-0.05, 0) is 78.6 Å². The highest BCUT2D eigenvalue weighted by Gasteiger charge is 2.26. The van der Waals surface area contributed by atoms with Crippen LogP contribution in [0.1, 0.15) is 273 Å². The van der Waals surface area contributed by atoms with E-state index in [2.05, 4.69) is 47.4 Å². The van der Waals surface area contributed by atoms with Gasteiger partial charge in [-0.15, -0.1) is 0 Å². The lowest BCUT2D eigenvalue weighted by Gasteiger charge is -2.23. The third-order valence-electron chi connectivity index (χ3n) is 12.6. The molecule has 0 aliphatic rings. The minimum Gasteiger partial charge on any atom is -0.377 e. The van der Waals surface area contributed by atoms with Crippen LogP contribution in [0.2, 0.25) is 0 Å². The fraction of sp³-hybridized carbons (Fsp3) is 0.911. The van der Waals surface area contributed by atoms with Crippen molar-refractivity contribution in [3.05, 3.63) is 0 Å². The van der Waals surface area contributed by atoms with Crippen LogP contribution in [0.25, 0.3) is 0 Å². The van der Waals surface area contributed by atoms with Crippen LogP contribution in [0, 0.1) is 0 Å². The Labute approximate surface area is 418 Å². The number of amides is 5. The summed E-state index contributed by atoms with van der Waals surface area (Å²) in [6.07, 6.45) is 36.9. The summed E-state index contributed by atoms with van der Waals surface area (Å²) >= 11 is 0. The predicted octanol–water partition coefficient (Wildman–Crippen LogP) is 12.2. The first-order valence-electron chi connectivity index (χ1n) is 28.6. The largest absolute Gasteiger partial charge is 0.377 e. The Hall–Kier alpha value is -2.73. The Morgan fingerprint density at radius 2 is 0.735 bits per heavy atom. The Bertz CT molecular complexity index is 1210. The van der Waals surface area contributed by atoms with Crippen molar-refractivity contribution in [1.82, 2.24) is 26.6 Å². The Balaban J connectivity index is 5.31. The molecule has 0 heterocycles. The first kappa shape index (κ1) is 65.3. The molecule has 5 N–H and O–H groups in total. The zero-order valence-corrected chi connectivity index (χ0v) is 45.2. The second kappa shape index (κ2) is 47.9. The summed E-state index contributed by atoms with van der Waals surface area (Å²) in [7, 11) is 0. The molecule has 5 amide bonds. The van der Waals surface area contributed by atoms with Crippen LogP contribution in [0.4, 0.5) is 0 Å². The molecule has 0 radical (unpaired) electrons. The fourth-order valence-corrected chi connectivity index (χ4v) is 8.32. The molecule has 0 aromatic carbocycles. The molecular weight excluding hydrogens is 855 g/mol. The monoisotopic (exact) mass is 964 g/mol. The Morgan fingerprint density at radius 1 is 0.368 bits per heavy atom. The Kier molecular flexibility index (Phi) is 46.0. The van der Waals surface area contributed by atoms with Gasteiger partial charge in [-0.3, -0.25) is 24.0 Å². The molecule has 2 atom stereocenters. The number of hydrogen-bond acceptors (Lipinski definition) is 7. The van der Waals surface area contributed by atoms with E-state index in [0.717, 1.165) is 44.9 Å². The van der Waals surface area contributed by atoms with Crippen molar-refractivity contribution in [2.75, 3.05) is 39.5 Å². The highest BCUT2D eigenvalue weighted by atomic mass is 16.5. The molecule has 12 nitrogen and oxygen atoms in total. The smallest absolute Gasteiger partial charge is 0.243 e. The van der Waals surface area contributed by atoms with E-state index in [1.165, 1.54) is 128 Å². The van der Waals surface area contributed by atoms with E-state index in [-0.39, 0.29) is 41.7 Å². The van der Waals surface area contributed by atoms with Gasteiger partial charge in [0, 0.05) is 38.9 Å². The second-order valence-corrected chi connectivity index (χ2v) is 20.5. The van der Waals surface area contributed by atoms with Crippen LogP contribution in [-0.2, 0) is 33.4 Å². The van der Waals surface area contributed by atoms with Gasteiger partial charge in [0.2, 0.25) is 29.5 Å². The van der Waals surface area contributed by atoms with Gasteiger partial charge in [-0.1, -0.05) is 175 Å². The fourth-order valence-electron chi connectivity index (χ4n) is 8.32. The lowest BCUT2D eigenvalue weighted by atomic mass is 10.0. The van der Waals surface area contributed by atoms with Gasteiger partial charge in [0.1, 0.15) is 12.1 Å². The highest BCUT2D eigenvalue weighted by Crippen LogP contribution is 2.14. The molecule has 0 fully saturated rings. The van der Waals surface area contributed by atoms with E-state index in [0.29, 0.717) is 90.7 Å². The molecule has 0 bridgehead atoms. The van der Waals surface area contributed by atoms with Crippen molar-refractivity contribution in [1.29, 1.82) is 0 Å². The molecule has 0 saturated heterocycles. The molecule has 2 unspecified atom stereocenters. The quantitative estimate of drug-likeness (QED) is 0.0379. The van der Waals surface area contributed by atoms with E-state index in [1.807, 2.05) is 20.8 Å². The van der Waals surface area contributed by atoms with Gasteiger partial charge < -0.3 is 36.1 Å². The molecule has 400 valence electrons. The van der Waals surface area contributed by atoms with Gasteiger partial charge in [-0.25, -0.2) is 0 Å². The maximum Gasteiger partial charge on any atom is 0.243 e. The summed E-state index contributed by atoms with van der Waals surface area (Å²) in [6, 6.07) is -1.62. The van der Waals surface area contributed by atoms with Crippen molar-refractivity contribution in [2.24, 2.45) is 0 Å². The minimum atomic E-state index is -0.818. The molecule has 0 aromatic heterocycles. The molecule has 0 spiro atoms. The first-order valence-corrected chi connectivity index (χ1v) is 28.6. The van der Waals surface area contributed by atoms with Crippen LogP contribution >= 0.6 is 0 Å². The van der Waals surface area contributed by atoms with E-state index in [1.54, 1.807) is 0 Å². The number of carbonyl (C=O) groups is 5. The maximum absolute atomic E-state index is 14.0. The minimum absolute atomic E-state index is 0.0582. The zero-order valence-electron chi connectivity index (χ0n) is 45.2. The van der Waals surface area contributed by atoms with Crippen molar-refractivity contribution >= 4 is 29.5 Å². The van der Waals surface area contributed by atoms with E-state index in [9.17, 15) is 24.0 Å². The molecule has 0 aromatic rings. The SMILES string of the molecule is CCCCCCCCCCCC(=O)NCCCCC(NC(=O)CCCCCCCCCCC)C(=O)NC(CCCCNC(=O)CCCCCCCCCCC)C(=O)NCCOCCOC(C)(C)C. The van der Waals surface area contributed by atoms with Crippen LogP contribution in [-0.4, -0.2) is 86.7 Å². The van der Waals surface area contributed by atoms with Crippen LogP contribution in [0.15, 0.2) is 0 Å². The van der Waals surface area contributed by atoms with E-state index < -0.39 is 12.1 Å². The average molecular weight is 965 g/mol. The molecule has 68 heavy (non-hydrogen) atoms. The van der Waals surface area contributed by atoms with E-state index >= 15 is 0 Å². The summed E-state index contributed by atoms with van der Waals surface area (Å²) in [6.45, 7) is 15.1. The summed E-state index contributed by atoms with van der Waals surface area (Å²) in [4.78, 5) is 66.0. The van der Waals surface area contributed by atoms with Crippen LogP contribution in [0.5, 0.6) is 0 Å². The molecule has 0 aliphatic carbocycles. The van der Waals surface area contributed by atoms with Crippen LogP contribution in [0.3, 0.4) is 0 Å². The van der Waals surface area contributed by atoms with Crippen molar-refractivity contribution in [3.8, 4) is 0 Å². The van der Waals surface area contributed by atoms with Crippen molar-refractivity contribution in [2.45, 2.75) is 290 Å². The molecule has 0 aliphatic heterocycles. The van der Waals surface area contributed by atoms with Gasteiger partial charge in [0.25, 0.3) is 0 Å². The summed E-state index contributed by atoms with van der Waals surface area (Å²) < 4.78 is 11.4. The maximum atomic E-state index is 14.0. The third kappa shape index (κ3) is 45.7. The topological polar surface area (TPSA) is 164 Å². The zero-order chi connectivity index (χ0) is 50.2. The van der Waals surface area contributed by atoms with E-state index in [4.69, 9.17) is 9.47 Å². The van der Waals surface area contributed by atoms with Gasteiger partial charge >= 0.3 is 0 Å². The first-order chi connectivity index (χ1) is 32.9. The van der Waals surface area contributed by atoms with Crippen LogP contribution < -0.4 is 26.6 Å². The second-order valence-electron chi connectivity index (χ2n) is 20.5. The summed E-state index contributed by atoms with van der Waals surface area (Å²) in [5.74, 6) is -0.731. The van der Waals surface area contributed by atoms with Crippen molar-refractivity contribution < 1.29 is 33.4 Å².